The third-order valence-corrected chi connectivity index (χ3v) is 8.07. The fourth-order valence-electron chi connectivity index (χ4n) is 6.12. The van der Waals surface area contributed by atoms with Gasteiger partial charge in [-0.15, -0.1) is 0 Å². The fraction of sp³-hybridized carbons (Fsp3) is 0.692. The molecule has 0 bridgehead atoms. The van der Waals surface area contributed by atoms with E-state index in [1.807, 2.05) is 26.0 Å². The summed E-state index contributed by atoms with van der Waals surface area (Å²) in [4.78, 5) is 25.9. The molecule has 1 atom stereocenters. The number of piperidine rings is 3. The van der Waals surface area contributed by atoms with Gasteiger partial charge in [0.05, 0.1) is 0 Å². The summed E-state index contributed by atoms with van der Waals surface area (Å²) < 4.78 is 14.9. The molecule has 3 N–H and O–H groups in total. The van der Waals surface area contributed by atoms with Gasteiger partial charge in [0.1, 0.15) is 11.9 Å². The van der Waals surface area contributed by atoms with Gasteiger partial charge >= 0.3 is 0 Å². The Hall–Kier alpha value is -1.99. The molecule has 7 heteroatoms. The van der Waals surface area contributed by atoms with Crippen molar-refractivity contribution < 1.29 is 14.0 Å². The number of amides is 2. The van der Waals surface area contributed by atoms with E-state index in [2.05, 4.69) is 20.9 Å². The Kier molecular flexibility index (Phi) is 7.69. The van der Waals surface area contributed by atoms with Crippen LogP contribution in [0.2, 0.25) is 0 Å². The number of hydrogen-bond donors (Lipinski definition) is 3. The SMILES string of the molecule is CC.O=C1CCC(Nc2ccc(C3CCN(C4CC5(CCNCC5)C4)CC3)c(F)c2)C(=O)N1. The molecule has 3 aliphatic heterocycles. The molecule has 1 spiro atoms. The van der Waals surface area contributed by atoms with E-state index in [0.29, 0.717) is 23.9 Å². The highest BCUT2D eigenvalue weighted by Gasteiger charge is 2.47. The molecule has 0 radical (unpaired) electrons. The Balaban J connectivity index is 0.00000126. The first kappa shape index (κ1) is 24.1. The lowest BCUT2D eigenvalue weighted by Crippen LogP contribution is -2.55. The summed E-state index contributed by atoms with van der Waals surface area (Å²) in [6.07, 6.45) is 8.08. The van der Waals surface area contributed by atoms with Crippen molar-refractivity contribution in [1.29, 1.82) is 0 Å². The van der Waals surface area contributed by atoms with Crippen LogP contribution in [-0.4, -0.2) is 55.0 Å². The molecule has 0 aromatic heterocycles. The molecule has 1 aromatic rings. The zero-order chi connectivity index (χ0) is 23.4. The van der Waals surface area contributed by atoms with E-state index < -0.39 is 6.04 Å². The van der Waals surface area contributed by atoms with Crippen LogP contribution in [-0.2, 0) is 9.59 Å². The topological polar surface area (TPSA) is 73.5 Å². The summed E-state index contributed by atoms with van der Waals surface area (Å²) in [5, 5.41) is 8.87. The van der Waals surface area contributed by atoms with Gasteiger partial charge in [-0.3, -0.25) is 14.9 Å². The standard InChI is InChI=1S/C24H33FN4O2.C2H6/c25-20-13-17(27-21-3-4-22(30)28-23(21)31)1-2-19(20)16-5-11-29(12-6-16)18-14-24(15-18)7-9-26-10-8-24;1-2/h1-2,13,16,18,21,26-27H,3-12,14-15H2,(H,28,30,31);1-2H3. The average molecular weight is 459 g/mol. The summed E-state index contributed by atoms with van der Waals surface area (Å²) in [5.41, 5.74) is 1.98. The average Bonchev–Trinajstić information content (AvgIpc) is 2.81. The number of rotatable bonds is 4. The maximum atomic E-state index is 14.9. The number of halogens is 1. The summed E-state index contributed by atoms with van der Waals surface area (Å²) >= 11 is 0. The van der Waals surface area contributed by atoms with Crippen LogP contribution >= 0.6 is 0 Å². The molecule has 182 valence electrons. The maximum Gasteiger partial charge on any atom is 0.249 e. The van der Waals surface area contributed by atoms with Gasteiger partial charge in [0.2, 0.25) is 11.8 Å². The lowest BCUT2D eigenvalue weighted by Gasteiger charge is -2.55. The highest BCUT2D eigenvalue weighted by Crippen LogP contribution is 2.50. The van der Waals surface area contributed by atoms with E-state index in [9.17, 15) is 14.0 Å². The van der Waals surface area contributed by atoms with E-state index in [4.69, 9.17) is 0 Å². The minimum absolute atomic E-state index is 0.201. The van der Waals surface area contributed by atoms with Gasteiger partial charge in [-0.1, -0.05) is 19.9 Å². The number of hydrogen-bond acceptors (Lipinski definition) is 5. The highest BCUT2D eigenvalue weighted by molar-refractivity contribution is 6.01. The molecule has 1 saturated carbocycles. The van der Waals surface area contributed by atoms with Crippen molar-refractivity contribution in [2.45, 2.75) is 83.2 Å². The first-order valence-corrected chi connectivity index (χ1v) is 12.9. The number of carbonyl (C=O) groups excluding carboxylic acids is 2. The fourth-order valence-corrected chi connectivity index (χ4v) is 6.12. The van der Waals surface area contributed by atoms with E-state index in [1.54, 1.807) is 0 Å². The smallest absolute Gasteiger partial charge is 0.249 e. The lowest BCUT2D eigenvalue weighted by molar-refractivity contribution is -0.133. The quantitative estimate of drug-likeness (QED) is 0.599. The van der Waals surface area contributed by atoms with Crippen molar-refractivity contribution in [3.8, 4) is 0 Å². The van der Waals surface area contributed by atoms with Crippen LogP contribution in [0.15, 0.2) is 18.2 Å². The Morgan fingerprint density at radius 1 is 1.06 bits per heavy atom. The number of nitrogens with one attached hydrogen (secondary N) is 3. The van der Waals surface area contributed by atoms with E-state index in [0.717, 1.165) is 37.5 Å². The third-order valence-electron chi connectivity index (χ3n) is 8.07. The van der Waals surface area contributed by atoms with Crippen LogP contribution < -0.4 is 16.0 Å². The van der Waals surface area contributed by atoms with Gasteiger partial charge in [0.25, 0.3) is 0 Å². The second-order valence-electron chi connectivity index (χ2n) is 10.0. The van der Waals surface area contributed by atoms with Crippen molar-refractivity contribution in [2.75, 3.05) is 31.5 Å². The van der Waals surface area contributed by atoms with Gasteiger partial charge < -0.3 is 15.5 Å². The molecule has 1 unspecified atom stereocenters. The number of anilines is 1. The van der Waals surface area contributed by atoms with E-state index >= 15 is 0 Å². The first-order chi connectivity index (χ1) is 16.0. The molecule has 4 aliphatic rings. The molecule has 3 heterocycles. The van der Waals surface area contributed by atoms with Crippen LogP contribution in [0, 0.1) is 11.2 Å². The van der Waals surface area contributed by atoms with Gasteiger partial charge in [-0.05, 0) is 100 Å². The van der Waals surface area contributed by atoms with Crippen molar-refractivity contribution >= 4 is 17.5 Å². The molecule has 4 fully saturated rings. The molecule has 1 aliphatic carbocycles. The molecule has 6 nitrogen and oxygen atoms in total. The summed E-state index contributed by atoms with van der Waals surface area (Å²) in [6.45, 7) is 8.45. The van der Waals surface area contributed by atoms with Gasteiger partial charge in [-0.2, -0.15) is 0 Å². The largest absolute Gasteiger partial charge is 0.374 e. The summed E-state index contributed by atoms with van der Waals surface area (Å²) in [5.74, 6) is -0.527. The van der Waals surface area contributed by atoms with Gasteiger partial charge in [0, 0.05) is 18.2 Å². The Morgan fingerprint density at radius 2 is 1.76 bits per heavy atom. The molecular formula is C26H39FN4O2. The van der Waals surface area contributed by atoms with Crippen LogP contribution in [0.4, 0.5) is 10.1 Å². The van der Waals surface area contributed by atoms with Crippen molar-refractivity contribution in [3.05, 3.63) is 29.6 Å². The molecule has 1 aromatic carbocycles. The van der Waals surface area contributed by atoms with E-state index in [-0.39, 0.29) is 23.5 Å². The predicted molar refractivity (Wildman–Crippen MR) is 129 cm³/mol. The summed E-state index contributed by atoms with van der Waals surface area (Å²) in [7, 11) is 0. The van der Waals surface area contributed by atoms with Gasteiger partial charge in [0.15, 0.2) is 0 Å². The third kappa shape index (κ3) is 5.40. The van der Waals surface area contributed by atoms with Crippen LogP contribution in [0.3, 0.4) is 0 Å². The Labute approximate surface area is 197 Å². The Bertz CT molecular complexity index is 839. The van der Waals surface area contributed by atoms with Crippen LogP contribution in [0.25, 0.3) is 0 Å². The zero-order valence-electron chi connectivity index (χ0n) is 20.1. The van der Waals surface area contributed by atoms with Crippen molar-refractivity contribution in [1.82, 2.24) is 15.5 Å². The lowest BCUT2D eigenvalue weighted by atomic mass is 9.60. The molecule has 33 heavy (non-hydrogen) atoms. The number of imide groups is 1. The first-order valence-electron chi connectivity index (χ1n) is 12.9. The number of benzene rings is 1. The zero-order valence-corrected chi connectivity index (χ0v) is 20.1. The number of likely N-dealkylation sites (tertiary alicyclic amines) is 1. The van der Waals surface area contributed by atoms with Crippen molar-refractivity contribution in [2.24, 2.45) is 5.41 Å². The molecule has 3 saturated heterocycles. The molecular weight excluding hydrogens is 419 g/mol. The maximum absolute atomic E-state index is 14.9. The van der Waals surface area contributed by atoms with E-state index in [1.165, 1.54) is 44.8 Å². The minimum Gasteiger partial charge on any atom is -0.374 e. The van der Waals surface area contributed by atoms with Crippen LogP contribution in [0.5, 0.6) is 0 Å². The number of carbonyl (C=O) groups is 2. The second kappa shape index (κ2) is 10.5. The monoisotopic (exact) mass is 458 g/mol. The minimum atomic E-state index is -0.489. The molecule has 5 rings (SSSR count). The summed E-state index contributed by atoms with van der Waals surface area (Å²) in [6, 6.07) is 5.47. The number of nitrogens with zero attached hydrogens (tertiary/aromatic N) is 1. The van der Waals surface area contributed by atoms with Crippen LogP contribution in [0.1, 0.15) is 76.7 Å². The van der Waals surface area contributed by atoms with Gasteiger partial charge in [-0.25, -0.2) is 4.39 Å². The second-order valence-corrected chi connectivity index (χ2v) is 10.0. The predicted octanol–water partition coefficient (Wildman–Crippen LogP) is 3.78. The Morgan fingerprint density at radius 3 is 2.39 bits per heavy atom. The van der Waals surface area contributed by atoms with Crippen molar-refractivity contribution in [3.63, 3.8) is 0 Å². The highest BCUT2D eigenvalue weighted by atomic mass is 19.1. The normalized spacial score (nSPS) is 26.2. The molecule has 2 amide bonds.